The molecule has 2 N–H and O–H groups in total. The van der Waals surface area contributed by atoms with Crippen LogP contribution in [0.2, 0.25) is 0 Å². The van der Waals surface area contributed by atoms with Gasteiger partial charge in [-0.05, 0) is 30.7 Å². The third kappa shape index (κ3) is 3.98. The molecule has 0 atom stereocenters. The van der Waals surface area contributed by atoms with Crippen LogP contribution in [-0.4, -0.2) is 29.0 Å². The Kier molecular flexibility index (Phi) is 4.81. The van der Waals surface area contributed by atoms with E-state index in [2.05, 4.69) is 5.10 Å². The summed E-state index contributed by atoms with van der Waals surface area (Å²) in [5, 5.41) is 4.09. The Morgan fingerprint density at radius 1 is 1.43 bits per heavy atom. The first-order chi connectivity index (χ1) is 10.1. The zero-order chi connectivity index (χ0) is 15.2. The minimum atomic E-state index is -0.429. The average molecular weight is 289 g/mol. The van der Waals surface area contributed by atoms with Gasteiger partial charge in [-0.15, -0.1) is 0 Å². The van der Waals surface area contributed by atoms with Gasteiger partial charge in [0.15, 0.2) is 0 Å². The minimum absolute atomic E-state index is 0.308. The van der Waals surface area contributed by atoms with Crippen LogP contribution in [0.5, 0.6) is 5.75 Å². The van der Waals surface area contributed by atoms with E-state index in [-0.39, 0.29) is 0 Å². The molecular formula is C15H19N3O3. The summed E-state index contributed by atoms with van der Waals surface area (Å²) in [5.74, 6) is 0.0488. The van der Waals surface area contributed by atoms with Crippen molar-refractivity contribution in [2.75, 3.05) is 18.9 Å². The summed E-state index contributed by atoms with van der Waals surface area (Å²) in [6.07, 6.45) is 4.43. The first-order valence-electron chi connectivity index (χ1n) is 6.77. The van der Waals surface area contributed by atoms with Crippen LogP contribution in [-0.2, 0) is 18.2 Å². The molecule has 1 aromatic carbocycles. The molecule has 0 bridgehead atoms. The third-order valence-corrected chi connectivity index (χ3v) is 2.91. The molecule has 1 heterocycles. The molecule has 0 saturated carbocycles. The Labute approximate surface area is 123 Å². The molecule has 0 unspecified atom stereocenters. The standard InChI is InChI=1S/C15H19N3O3/c1-3-20-15(19)13-8-12(16)4-5-14(13)21-7-6-11-9-17-18(2)10-11/h4-5,8-10H,3,6-7,16H2,1-2H3. The molecule has 0 saturated heterocycles. The fourth-order valence-corrected chi connectivity index (χ4v) is 1.92. The monoisotopic (exact) mass is 289 g/mol. The highest BCUT2D eigenvalue weighted by Crippen LogP contribution is 2.22. The molecular weight excluding hydrogens is 270 g/mol. The van der Waals surface area contributed by atoms with E-state index in [1.165, 1.54) is 0 Å². The lowest BCUT2D eigenvalue weighted by Gasteiger charge is -2.11. The fourth-order valence-electron chi connectivity index (χ4n) is 1.92. The summed E-state index contributed by atoms with van der Waals surface area (Å²) >= 11 is 0. The summed E-state index contributed by atoms with van der Waals surface area (Å²) in [6.45, 7) is 2.51. The van der Waals surface area contributed by atoms with Crippen molar-refractivity contribution in [3.8, 4) is 5.75 Å². The maximum atomic E-state index is 11.9. The van der Waals surface area contributed by atoms with Gasteiger partial charge < -0.3 is 15.2 Å². The van der Waals surface area contributed by atoms with Crippen molar-refractivity contribution in [2.45, 2.75) is 13.3 Å². The van der Waals surface area contributed by atoms with Crippen LogP contribution < -0.4 is 10.5 Å². The molecule has 1 aromatic heterocycles. The number of nitrogens with two attached hydrogens (primary N) is 1. The zero-order valence-electron chi connectivity index (χ0n) is 12.2. The van der Waals surface area contributed by atoms with Crippen LogP contribution in [0.15, 0.2) is 30.6 Å². The molecule has 2 rings (SSSR count). The number of anilines is 1. The smallest absolute Gasteiger partial charge is 0.341 e. The predicted molar refractivity (Wildman–Crippen MR) is 79.2 cm³/mol. The summed E-state index contributed by atoms with van der Waals surface area (Å²) in [6, 6.07) is 4.95. The Morgan fingerprint density at radius 2 is 2.24 bits per heavy atom. The van der Waals surface area contributed by atoms with E-state index >= 15 is 0 Å². The number of carbonyl (C=O) groups excluding carboxylic acids is 1. The van der Waals surface area contributed by atoms with Crippen LogP contribution >= 0.6 is 0 Å². The third-order valence-electron chi connectivity index (χ3n) is 2.91. The van der Waals surface area contributed by atoms with Crippen molar-refractivity contribution in [1.29, 1.82) is 0 Å². The molecule has 0 aliphatic carbocycles. The fraction of sp³-hybridized carbons (Fsp3) is 0.333. The van der Waals surface area contributed by atoms with Crippen molar-refractivity contribution in [3.63, 3.8) is 0 Å². The van der Waals surface area contributed by atoms with Gasteiger partial charge in [-0.2, -0.15) is 5.10 Å². The lowest BCUT2D eigenvalue weighted by molar-refractivity contribution is 0.0522. The molecule has 0 aliphatic heterocycles. The van der Waals surface area contributed by atoms with Gasteiger partial charge in [0.05, 0.1) is 19.4 Å². The molecule has 0 amide bonds. The molecule has 0 spiro atoms. The molecule has 0 fully saturated rings. The Morgan fingerprint density at radius 3 is 2.90 bits per heavy atom. The van der Waals surface area contributed by atoms with Crippen molar-refractivity contribution in [2.24, 2.45) is 7.05 Å². The average Bonchev–Trinajstić information content (AvgIpc) is 2.86. The first-order valence-corrected chi connectivity index (χ1v) is 6.77. The maximum absolute atomic E-state index is 11.9. The molecule has 6 nitrogen and oxygen atoms in total. The second-order valence-electron chi connectivity index (χ2n) is 4.60. The molecule has 2 aromatic rings. The lowest BCUT2D eigenvalue weighted by atomic mass is 10.2. The van der Waals surface area contributed by atoms with E-state index in [4.69, 9.17) is 15.2 Å². The summed E-state index contributed by atoms with van der Waals surface area (Å²) in [7, 11) is 1.86. The Balaban J connectivity index is 2.03. The van der Waals surface area contributed by atoms with E-state index in [0.717, 1.165) is 5.56 Å². The number of ether oxygens (including phenoxy) is 2. The molecule has 6 heteroatoms. The van der Waals surface area contributed by atoms with Crippen molar-refractivity contribution in [1.82, 2.24) is 9.78 Å². The highest BCUT2D eigenvalue weighted by atomic mass is 16.5. The topological polar surface area (TPSA) is 79.4 Å². The van der Waals surface area contributed by atoms with E-state index in [1.54, 1.807) is 36.0 Å². The van der Waals surface area contributed by atoms with Crippen LogP contribution in [0.1, 0.15) is 22.8 Å². The normalized spacial score (nSPS) is 10.4. The predicted octanol–water partition coefficient (Wildman–Crippen LogP) is 1.80. The van der Waals surface area contributed by atoms with Gasteiger partial charge in [-0.3, -0.25) is 4.68 Å². The van der Waals surface area contributed by atoms with Gasteiger partial charge in [-0.25, -0.2) is 4.79 Å². The number of nitrogen functional groups attached to an aromatic ring is 1. The van der Waals surface area contributed by atoms with E-state index in [1.807, 2.05) is 13.2 Å². The summed E-state index contributed by atoms with van der Waals surface area (Å²) in [5.41, 5.74) is 7.63. The molecule has 0 radical (unpaired) electrons. The number of hydrogen-bond donors (Lipinski definition) is 1. The zero-order valence-corrected chi connectivity index (χ0v) is 12.2. The van der Waals surface area contributed by atoms with Gasteiger partial charge >= 0.3 is 5.97 Å². The van der Waals surface area contributed by atoms with Crippen LogP contribution in [0.4, 0.5) is 5.69 Å². The van der Waals surface area contributed by atoms with E-state index < -0.39 is 5.97 Å². The van der Waals surface area contributed by atoms with Crippen LogP contribution in [0, 0.1) is 0 Å². The molecule has 21 heavy (non-hydrogen) atoms. The molecule has 0 aliphatic rings. The maximum Gasteiger partial charge on any atom is 0.341 e. The summed E-state index contributed by atoms with van der Waals surface area (Å²) < 4.78 is 12.4. The van der Waals surface area contributed by atoms with Gasteiger partial charge in [0, 0.05) is 25.4 Å². The van der Waals surface area contributed by atoms with Gasteiger partial charge in [0.25, 0.3) is 0 Å². The quantitative estimate of drug-likeness (QED) is 0.648. The Hall–Kier alpha value is -2.50. The lowest BCUT2D eigenvalue weighted by Crippen LogP contribution is -2.10. The summed E-state index contributed by atoms with van der Waals surface area (Å²) in [4.78, 5) is 11.9. The highest BCUT2D eigenvalue weighted by Gasteiger charge is 2.14. The molecule has 112 valence electrons. The largest absolute Gasteiger partial charge is 0.492 e. The van der Waals surface area contributed by atoms with Crippen LogP contribution in [0.3, 0.4) is 0 Å². The number of nitrogens with zero attached hydrogens (tertiary/aromatic N) is 2. The van der Waals surface area contributed by atoms with Gasteiger partial charge in [0.2, 0.25) is 0 Å². The second-order valence-corrected chi connectivity index (χ2v) is 4.60. The highest BCUT2D eigenvalue weighted by molar-refractivity contribution is 5.93. The first kappa shape index (κ1) is 14.9. The van der Waals surface area contributed by atoms with E-state index in [9.17, 15) is 4.79 Å². The van der Waals surface area contributed by atoms with E-state index in [0.29, 0.717) is 36.6 Å². The van der Waals surface area contributed by atoms with Gasteiger partial charge in [-0.1, -0.05) is 0 Å². The van der Waals surface area contributed by atoms with Crippen molar-refractivity contribution < 1.29 is 14.3 Å². The Bertz CT molecular complexity index is 622. The number of benzene rings is 1. The SMILES string of the molecule is CCOC(=O)c1cc(N)ccc1OCCc1cnn(C)c1. The minimum Gasteiger partial charge on any atom is -0.492 e. The number of esters is 1. The van der Waals surface area contributed by atoms with Crippen molar-refractivity contribution in [3.05, 3.63) is 41.7 Å². The number of aryl methyl sites for hydroxylation is 1. The van der Waals surface area contributed by atoms with Gasteiger partial charge in [0.1, 0.15) is 11.3 Å². The van der Waals surface area contributed by atoms with Crippen LogP contribution in [0.25, 0.3) is 0 Å². The second kappa shape index (κ2) is 6.78. The van der Waals surface area contributed by atoms with Crippen molar-refractivity contribution >= 4 is 11.7 Å². The number of rotatable bonds is 6. The number of carbonyl (C=O) groups is 1. The number of aromatic nitrogens is 2. The number of hydrogen-bond acceptors (Lipinski definition) is 5.